The first-order chi connectivity index (χ1) is 15.0. The summed E-state index contributed by atoms with van der Waals surface area (Å²) in [4.78, 5) is 16.4. The number of nitrogens with one attached hydrogen (secondary N) is 2. The zero-order chi connectivity index (χ0) is 23.1. The summed E-state index contributed by atoms with van der Waals surface area (Å²) in [5.74, 6) is 1.96. The Labute approximate surface area is 192 Å². The molecule has 178 valence electrons. The predicted octanol–water partition coefficient (Wildman–Crippen LogP) is 3.92. The summed E-state index contributed by atoms with van der Waals surface area (Å²) in [5.41, 5.74) is 2.39. The van der Waals surface area contributed by atoms with Crippen LogP contribution >= 0.6 is 0 Å². The molecule has 6 nitrogen and oxygen atoms in total. The normalized spacial score (nSPS) is 27.6. The van der Waals surface area contributed by atoms with E-state index >= 15 is 0 Å². The summed E-state index contributed by atoms with van der Waals surface area (Å²) < 4.78 is 6.38. The smallest absolute Gasteiger partial charge is 0.218 e. The van der Waals surface area contributed by atoms with Gasteiger partial charge in [0.2, 0.25) is 11.8 Å². The Bertz CT molecular complexity index is 830. The number of hydrogen-bond donors (Lipinski definition) is 3. The van der Waals surface area contributed by atoms with Gasteiger partial charge in [0.05, 0.1) is 12.1 Å². The molecule has 1 spiro atoms. The minimum absolute atomic E-state index is 0.0804. The van der Waals surface area contributed by atoms with Crippen molar-refractivity contribution >= 4 is 5.91 Å². The maximum Gasteiger partial charge on any atom is 0.218 e. The predicted molar refractivity (Wildman–Crippen MR) is 125 cm³/mol. The SMILES string of the molecule is CC(=O)N[C@@H](CC1CC1C)[C@@H](O)CN[C@H]1CC2(CCC2)Oc2ncc(CC(C)(C)C)cc21. The van der Waals surface area contributed by atoms with Crippen LogP contribution in [0.15, 0.2) is 12.3 Å². The van der Waals surface area contributed by atoms with E-state index in [4.69, 9.17) is 9.72 Å². The van der Waals surface area contributed by atoms with Crippen LogP contribution in [0, 0.1) is 17.3 Å². The van der Waals surface area contributed by atoms with Gasteiger partial charge >= 0.3 is 0 Å². The zero-order valence-corrected chi connectivity index (χ0v) is 20.4. The Morgan fingerprint density at radius 2 is 2.09 bits per heavy atom. The Morgan fingerprint density at radius 1 is 1.38 bits per heavy atom. The van der Waals surface area contributed by atoms with E-state index in [2.05, 4.69) is 44.4 Å². The van der Waals surface area contributed by atoms with Gasteiger partial charge in [-0.2, -0.15) is 0 Å². The van der Waals surface area contributed by atoms with Crippen molar-refractivity contribution < 1.29 is 14.6 Å². The van der Waals surface area contributed by atoms with Crippen LogP contribution in [0.2, 0.25) is 0 Å². The molecule has 4 rings (SSSR count). The highest BCUT2D eigenvalue weighted by molar-refractivity contribution is 5.73. The fourth-order valence-corrected chi connectivity index (χ4v) is 5.38. The first-order valence-corrected chi connectivity index (χ1v) is 12.4. The van der Waals surface area contributed by atoms with Crippen molar-refractivity contribution in [2.24, 2.45) is 17.3 Å². The van der Waals surface area contributed by atoms with Crippen molar-refractivity contribution in [1.82, 2.24) is 15.6 Å². The second-order valence-electron chi connectivity index (χ2n) is 11.9. The van der Waals surface area contributed by atoms with E-state index in [-0.39, 0.29) is 29.0 Å². The number of pyridine rings is 1. The van der Waals surface area contributed by atoms with E-state index in [1.807, 2.05) is 6.20 Å². The van der Waals surface area contributed by atoms with Gasteiger partial charge in [-0.15, -0.1) is 0 Å². The van der Waals surface area contributed by atoms with Crippen molar-refractivity contribution in [3.63, 3.8) is 0 Å². The van der Waals surface area contributed by atoms with Crippen LogP contribution in [0.5, 0.6) is 5.88 Å². The lowest BCUT2D eigenvalue weighted by molar-refractivity contribution is -0.120. The number of amides is 1. The fraction of sp³-hybridized carbons (Fsp3) is 0.769. The van der Waals surface area contributed by atoms with Crippen LogP contribution in [-0.4, -0.2) is 40.3 Å². The summed E-state index contributed by atoms with van der Waals surface area (Å²) in [7, 11) is 0. The van der Waals surface area contributed by atoms with Crippen molar-refractivity contribution in [1.29, 1.82) is 0 Å². The third-order valence-corrected chi connectivity index (χ3v) is 7.46. The Balaban J connectivity index is 1.47. The van der Waals surface area contributed by atoms with Gasteiger partial charge in [-0.3, -0.25) is 4.79 Å². The van der Waals surface area contributed by atoms with Crippen LogP contribution in [0.3, 0.4) is 0 Å². The van der Waals surface area contributed by atoms with Gasteiger partial charge in [0.1, 0.15) is 5.60 Å². The maximum absolute atomic E-state index is 11.7. The number of carbonyl (C=O) groups excluding carboxylic acids is 1. The van der Waals surface area contributed by atoms with E-state index in [9.17, 15) is 9.90 Å². The lowest BCUT2D eigenvalue weighted by atomic mass is 9.73. The summed E-state index contributed by atoms with van der Waals surface area (Å²) in [6, 6.07) is 2.12. The number of hydrogen-bond acceptors (Lipinski definition) is 5. The quantitative estimate of drug-likeness (QED) is 0.567. The first kappa shape index (κ1) is 23.5. The third kappa shape index (κ3) is 5.63. The molecule has 2 aliphatic carbocycles. The molecular weight excluding hydrogens is 402 g/mol. The van der Waals surface area contributed by atoms with Crippen molar-refractivity contribution in [3.05, 3.63) is 23.4 Å². The molecule has 0 aromatic carbocycles. The number of aromatic nitrogens is 1. The molecule has 32 heavy (non-hydrogen) atoms. The van der Waals surface area contributed by atoms with Gasteiger partial charge in [-0.05, 0) is 67.4 Å². The second-order valence-corrected chi connectivity index (χ2v) is 11.9. The zero-order valence-electron chi connectivity index (χ0n) is 20.4. The molecule has 3 N–H and O–H groups in total. The van der Waals surface area contributed by atoms with Crippen LogP contribution in [0.1, 0.15) is 90.3 Å². The van der Waals surface area contributed by atoms with E-state index in [0.29, 0.717) is 18.4 Å². The van der Waals surface area contributed by atoms with Gasteiger partial charge in [0.15, 0.2) is 0 Å². The molecule has 1 amide bonds. The van der Waals surface area contributed by atoms with E-state index < -0.39 is 6.10 Å². The molecule has 1 aromatic heterocycles. The topological polar surface area (TPSA) is 83.5 Å². The van der Waals surface area contributed by atoms with Crippen molar-refractivity contribution in [2.75, 3.05) is 6.54 Å². The largest absolute Gasteiger partial charge is 0.471 e. The molecule has 2 saturated carbocycles. The van der Waals surface area contributed by atoms with Gasteiger partial charge in [0, 0.05) is 37.7 Å². The molecule has 2 unspecified atom stereocenters. The summed E-state index contributed by atoms with van der Waals surface area (Å²) in [6.07, 6.45) is 8.54. The highest BCUT2D eigenvalue weighted by Gasteiger charge is 2.46. The minimum atomic E-state index is -0.624. The molecule has 0 saturated heterocycles. The molecule has 3 aliphatic rings. The first-order valence-electron chi connectivity index (χ1n) is 12.4. The van der Waals surface area contributed by atoms with Crippen LogP contribution < -0.4 is 15.4 Å². The number of rotatable bonds is 8. The Hall–Kier alpha value is -1.66. The van der Waals surface area contributed by atoms with Crippen molar-refractivity contribution in [2.45, 2.75) is 103 Å². The average Bonchev–Trinajstić information content (AvgIpc) is 3.37. The maximum atomic E-state index is 11.7. The fourth-order valence-electron chi connectivity index (χ4n) is 5.38. The number of fused-ring (bicyclic) bond motifs is 1. The highest BCUT2D eigenvalue weighted by atomic mass is 16.5. The summed E-state index contributed by atoms with van der Waals surface area (Å²) in [5, 5.41) is 17.6. The van der Waals surface area contributed by atoms with Gasteiger partial charge < -0.3 is 20.5 Å². The molecule has 0 bridgehead atoms. The van der Waals surface area contributed by atoms with E-state index in [1.165, 1.54) is 25.3 Å². The van der Waals surface area contributed by atoms with E-state index in [0.717, 1.165) is 43.5 Å². The lowest BCUT2D eigenvalue weighted by Gasteiger charge is -2.47. The van der Waals surface area contributed by atoms with Crippen molar-refractivity contribution in [3.8, 4) is 5.88 Å². The Kier molecular flexibility index (Phi) is 6.56. The molecule has 6 heteroatoms. The molecule has 0 radical (unpaired) electrons. The molecule has 2 fully saturated rings. The number of carbonyl (C=O) groups is 1. The third-order valence-electron chi connectivity index (χ3n) is 7.46. The molecule has 1 aromatic rings. The minimum Gasteiger partial charge on any atom is -0.471 e. The van der Waals surface area contributed by atoms with Crippen LogP contribution in [0.25, 0.3) is 0 Å². The summed E-state index contributed by atoms with van der Waals surface area (Å²) in [6.45, 7) is 10.9. The standard InChI is InChI=1S/C26H41N3O3/c1-16-9-19(16)11-21(29-17(2)30)23(31)15-27-22-13-26(7-6-8-26)32-24-20(22)10-18(14-28-24)12-25(3,4)5/h10,14,16,19,21-23,27,31H,6-9,11-13,15H2,1-5H3,(H,29,30)/t16?,19?,21-,22-,23-/m0/s1. The molecular formula is C26H41N3O3. The number of nitrogens with zero attached hydrogens (tertiary/aromatic N) is 1. The van der Waals surface area contributed by atoms with Crippen LogP contribution in [0.4, 0.5) is 0 Å². The number of ether oxygens (including phenoxy) is 1. The lowest BCUT2D eigenvalue weighted by Crippen LogP contribution is -2.52. The average molecular weight is 444 g/mol. The van der Waals surface area contributed by atoms with Gasteiger partial charge in [0.25, 0.3) is 0 Å². The number of aliphatic hydroxyl groups is 1. The highest BCUT2D eigenvalue weighted by Crippen LogP contribution is 2.48. The second kappa shape index (κ2) is 8.94. The summed E-state index contributed by atoms with van der Waals surface area (Å²) >= 11 is 0. The number of aliphatic hydroxyl groups excluding tert-OH is 1. The van der Waals surface area contributed by atoms with E-state index in [1.54, 1.807) is 0 Å². The van der Waals surface area contributed by atoms with Crippen LogP contribution in [-0.2, 0) is 11.2 Å². The molecule has 2 heterocycles. The van der Waals surface area contributed by atoms with Gasteiger partial charge in [-0.25, -0.2) is 4.98 Å². The monoisotopic (exact) mass is 443 g/mol. The Morgan fingerprint density at radius 3 is 2.66 bits per heavy atom. The van der Waals surface area contributed by atoms with Gasteiger partial charge in [-0.1, -0.05) is 27.7 Å². The molecule has 1 aliphatic heterocycles. The molecule has 5 atom stereocenters.